The van der Waals surface area contributed by atoms with E-state index in [4.69, 9.17) is 0 Å². The van der Waals surface area contributed by atoms with E-state index in [1.54, 1.807) is 6.08 Å². The summed E-state index contributed by atoms with van der Waals surface area (Å²) >= 11 is 0. The second-order valence-corrected chi connectivity index (χ2v) is 4.77. The lowest BCUT2D eigenvalue weighted by molar-refractivity contribution is -0.136. The van der Waals surface area contributed by atoms with E-state index >= 15 is 0 Å². The summed E-state index contributed by atoms with van der Waals surface area (Å²) in [5, 5.41) is 0. The summed E-state index contributed by atoms with van der Waals surface area (Å²) in [6.45, 7) is 2.76. The van der Waals surface area contributed by atoms with Crippen molar-refractivity contribution >= 4 is 5.91 Å². The summed E-state index contributed by atoms with van der Waals surface area (Å²) in [7, 11) is 1.84. The average molecular weight is 226 g/mol. The second-order valence-electron chi connectivity index (χ2n) is 4.77. The molecule has 0 unspecified atom stereocenters. The van der Waals surface area contributed by atoms with Crippen LogP contribution in [0, 0.1) is 0 Å². The van der Waals surface area contributed by atoms with Crippen molar-refractivity contribution in [1.82, 2.24) is 9.80 Å². The van der Waals surface area contributed by atoms with Gasteiger partial charge in [0.1, 0.15) is 6.67 Å². The Hall–Kier alpha value is -1.06. The second kappa shape index (κ2) is 4.07. The predicted octanol–water partition coefficient (Wildman–Crippen LogP) is 1.56. The highest BCUT2D eigenvalue weighted by molar-refractivity contribution is 5.94. The summed E-state index contributed by atoms with van der Waals surface area (Å²) in [5.41, 5.74) is 0.164. The molecule has 2 fully saturated rings. The third-order valence-electron chi connectivity index (χ3n) is 3.91. The molecule has 2 saturated heterocycles. The number of piperazine rings is 1. The number of hydrogen-bond donors (Lipinski definition) is 0. The fourth-order valence-electron chi connectivity index (χ4n) is 2.79. The van der Waals surface area contributed by atoms with Crippen molar-refractivity contribution in [3.8, 4) is 0 Å². The first-order valence-corrected chi connectivity index (χ1v) is 5.90. The van der Waals surface area contributed by atoms with E-state index in [9.17, 15) is 9.18 Å². The molecule has 2 rings (SSSR count). The molecule has 0 aliphatic carbocycles. The molecule has 2 bridgehead atoms. The van der Waals surface area contributed by atoms with Gasteiger partial charge in [-0.3, -0.25) is 4.79 Å². The lowest BCUT2D eigenvalue weighted by Crippen LogP contribution is -2.62. The zero-order valence-electron chi connectivity index (χ0n) is 10.0. The number of allylic oxidation sites excluding steroid dienone is 1. The number of alkyl halides is 1. The lowest BCUT2D eigenvalue weighted by Gasteiger charge is -2.48. The number of hydrogen-bond acceptors (Lipinski definition) is 2. The Kier molecular flexibility index (Phi) is 2.91. The van der Waals surface area contributed by atoms with E-state index in [0.29, 0.717) is 12.2 Å². The van der Waals surface area contributed by atoms with E-state index in [1.165, 1.54) is 0 Å². The molecule has 0 N–H and O–H groups in total. The maximum Gasteiger partial charge on any atom is 0.269 e. The standard InChI is InChI=1S/C12H19FN2O/c1-3-10-11(16)15-7-5-4-6-12(8-13,9-15)14(10)2/h3H,4-9H2,1-2H3/b10-3+/t12-/m0/s1. The van der Waals surface area contributed by atoms with Crippen LogP contribution in [0.4, 0.5) is 4.39 Å². The molecular weight excluding hydrogens is 207 g/mol. The smallest absolute Gasteiger partial charge is 0.269 e. The van der Waals surface area contributed by atoms with Crippen molar-refractivity contribution in [2.75, 3.05) is 26.8 Å². The minimum Gasteiger partial charge on any atom is -0.360 e. The number of nitrogens with zero attached hydrogens (tertiary/aromatic N) is 2. The van der Waals surface area contributed by atoms with Crippen LogP contribution in [0.15, 0.2) is 11.8 Å². The van der Waals surface area contributed by atoms with Gasteiger partial charge >= 0.3 is 0 Å². The van der Waals surface area contributed by atoms with Gasteiger partial charge in [-0.1, -0.05) is 6.08 Å². The first kappa shape index (κ1) is 11.4. The van der Waals surface area contributed by atoms with Crippen molar-refractivity contribution in [2.24, 2.45) is 0 Å². The van der Waals surface area contributed by atoms with E-state index in [2.05, 4.69) is 0 Å². The minimum atomic E-state index is -0.480. The van der Waals surface area contributed by atoms with Crippen LogP contribution in [0.25, 0.3) is 0 Å². The Morgan fingerprint density at radius 3 is 2.88 bits per heavy atom. The Balaban J connectivity index is 2.40. The fraction of sp³-hybridized carbons (Fsp3) is 0.750. The molecule has 90 valence electrons. The maximum atomic E-state index is 13.4. The maximum absolute atomic E-state index is 13.4. The number of carbonyl (C=O) groups is 1. The molecule has 1 atom stereocenters. The van der Waals surface area contributed by atoms with Gasteiger partial charge in [0.25, 0.3) is 5.91 Å². The summed E-state index contributed by atoms with van der Waals surface area (Å²) in [5.74, 6) is 0.0518. The van der Waals surface area contributed by atoms with Crippen molar-refractivity contribution in [3.63, 3.8) is 0 Å². The molecule has 3 nitrogen and oxygen atoms in total. The lowest BCUT2D eigenvalue weighted by atomic mass is 9.90. The molecule has 0 saturated carbocycles. The Bertz CT molecular complexity index is 329. The topological polar surface area (TPSA) is 23.6 Å². The Morgan fingerprint density at radius 2 is 2.25 bits per heavy atom. The van der Waals surface area contributed by atoms with Crippen LogP contribution in [0.2, 0.25) is 0 Å². The Morgan fingerprint density at radius 1 is 1.50 bits per heavy atom. The van der Waals surface area contributed by atoms with Gasteiger partial charge in [-0.2, -0.15) is 0 Å². The number of halogens is 1. The molecule has 1 amide bonds. The van der Waals surface area contributed by atoms with Crippen molar-refractivity contribution in [1.29, 1.82) is 0 Å². The molecule has 0 aromatic heterocycles. The van der Waals surface area contributed by atoms with Crippen LogP contribution in [0.3, 0.4) is 0 Å². The normalized spacial score (nSPS) is 33.2. The third kappa shape index (κ3) is 1.51. The largest absolute Gasteiger partial charge is 0.360 e. The summed E-state index contributed by atoms with van der Waals surface area (Å²) in [4.78, 5) is 15.7. The Labute approximate surface area is 95.9 Å². The number of carbonyl (C=O) groups excluding carboxylic acids is 1. The van der Waals surface area contributed by atoms with Gasteiger partial charge in [-0.15, -0.1) is 0 Å². The third-order valence-corrected chi connectivity index (χ3v) is 3.91. The molecule has 0 aromatic rings. The number of rotatable bonds is 1. The molecule has 2 heterocycles. The van der Waals surface area contributed by atoms with Gasteiger partial charge < -0.3 is 9.80 Å². The molecule has 0 aromatic carbocycles. The van der Waals surface area contributed by atoms with Gasteiger partial charge in [0.15, 0.2) is 0 Å². The average Bonchev–Trinajstić information content (AvgIpc) is 2.50. The molecule has 4 heteroatoms. The van der Waals surface area contributed by atoms with E-state index < -0.39 is 5.54 Å². The molecule has 2 aliphatic heterocycles. The molecule has 16 heavy (non-hydrogen) atoms. The summed E-state index contributed by atoms with van der Waals surface area (Å²) in [6.07, 6.45) is 4.61. The van der Waals surface area contributed by atoms with E-state index in [1.807, 2.05) is 23.8 Å². The van der Waals surface area contributed by atoms with Gasteiger partial charge in [0, 0.05) is 20.1 Å². The number of amides is 1. The van der Waals surface area contributed by atoms with Gasteiger partial charge in [-0.25, -0.2) is 4.39 Å². The SMILES string of the molecule is C/C=C1\C(=O)N2CCCC[C@](CF)(C2)N1C. The van der Waals surface area contributed by atoms with Crippen LogP contribution in [0.5, 0.6) is 0 Å². The zero-order valence-corrected chi connectivity index (χ0v) is 10.0. The number of likely N-dealkylation sites (N-methyl/N-ethyl adjacent to an activating group) is 1. The monoisotopic (exact) mass is 226 g/mol. The van der Waals surface area contributed by atoms with Crippen LogP contribution in [0.1, 0.15) is 26.2 Å². The van der Waals surface area contributed by atoms with Crippen molar-refractivity contribution < 1.29 is 9.18 Å². The quantitative estimate of drug-likeness (QED) is 0.633. The highest BCUT2D eigenvalue weighted by Gasteiger charge is 2.46. The molecule has 0 spiro atoms. The van der Waals surface area contributed by atoms with E-state index in [-0.39, 0.29) is 12.6 Å². The van der Waals surface area contributed by atoms with E-state index in [0.717, 1.165) is 25.8 Å². The zero-order chi connectivity index (χ0) is 11.8. The van der Waals surface area contributed by atoms with Gasteiger partial charge in [0.05, 0.1) is 11.2 Å². The first-order chi connectivity index (χ1) is 7.64. The summed E-state index contributed by atoms with van der Waals surface area (Å²) in [6, 6.07) is 0. The van der Waals surface area contributed by atoms with Crippen molar-refractivity contribution in [3.05, 3.63) is 11.8 Å². The van der Waals surface area contributed by atoms with Crippen LogP contribution >= 0.6 is 0 Å². The molecular formula is C12H19FN2O. The fourth-order valence-corrected chi connectivity index (χ4v) is 2.79. The summed E-state index contributed by atoms with van der Waals surface area (Å²) < 4.78 is 13.4. The van der Waals surface area contributed by atoms with Crippen LogP contribution in [-0.2, 0) is 4.79 Å². The van der Waals surface area contributed by atoms with Crippen molar-refractivity contribution in [2.45, 2.75) is 31.7 Å². The highest BCUT2D eigenvalue weighted by Crippen LogP contribution is 2.34. The molecule has 0 radical (unpaired) electrons. The van der Waals surface area contributed by atoms with Crippen LogP contribution in [-0.4, -0.2) is 48.1 Å². The number of fused-ring (bicyclic) bond motifs is 2. The first-order valence-electron chi connectivity index (χ1n) is 5.90. The molecule has 2 aliphatic rings. The highest BCUT2D eigenvalue weighted by atomic mass is 19.1. The minimum absolute atomic E-state index is 0.0518. The predicted molar refractivity (Wildman–Crippen MR) is 60.7 cm³/mol. The van der Waals surface area contributed by atoms with Gasteiger partial charge in [0.2, 0.25) is 0 Å². The van der Waals surface area contributed by atoms with Crippen LogP contribution < -0.4 is 0 Å². The van der Waals surface area contributed by atoms with Gasteiger partial charge in [-0.05, 0) is 26.2 Å².